The van der Waals surface area contributed by atoms with Gasteiger partial charge in [-0.1, -0.05) is 18.2 Å². The van der Waals surface area contributed by atoms with E-state index in [1.54, 1.807) is 36.4 Å². The van der Waals surface area contributed by atoms with Crippen LogP contribution in [0.2, 0.25) is 0 Å². The number of aliphatic hydroxyl groups is 1. The molecule has 4 atom stereocenters. The first kappa shape index (κ1) is 28.4. The maximum absolute atomic E-state index is 14.2. The monoisotopic (exact) mass is 549 g/mol. The Hall–Kier alpha value is -3.10. The molecule has 216 valence electrons. The number of urea groups is 1. The van der Waals surface area contributed by atoms with Crippen molar-refractivity contribution >= 4 is 11.9 Å². The van der Waals surface area contributed by atoms with Crippen LogP contribution in [0.25, 0.3) is 0 Å². The molecule has 4 N–H and O–H groups in total. The molecule has 0 aromatic heterocycles. The third-order valence-corrected chi connectivity index (χ3v) is 9.75. The number of aromatic hydroxyl groups is 2. The predicted molar refractivity (Wildman–Crippen MR) is 153 cm³/mol. The number of amides is 3. The number of likely N-dealkylation sites (tertiary alicyclic amines) is 1. The highest BCUT2D eigenvalue weighted by Gasteiger charge is 2.62. The van der Waals surface area contributed by atoms with Gasteiger partial charge in [-0.3, -0.25) is 14.6 Å². The van der Waals surface area contributed by atoms with Gasteiger partial charge in [0.25, 0.3) is 0 Å². The maximum Gasteiger partial charge on any atom is 0.324 e. The fourth-order valence-corrected chi connectivity index (χ4v) is 7.29. The van der Waals surface area contributed by atoms with Gasteiger partial charge in [0, 0.05) is 30.5 Å². The van der Waals surface area contributed by atoms with Crippen molar-refractivity contribution in [2.24, 2.45) is 11.8 Å². The van der Waals surface area contributed by atoms with E-state index in [1.807, 2.05) is 19.9 Å². The average Bonchev–Trinajstić information content (AvgIpc) is 3.76. The predicted octanol–water partition coefficient (Wildman–Crippen LogP) is 4.44. The fourth-order valence-electron chi connectivity index (χ4n) is 7.29. The van der Waals surface area contributed by atoms with Crippen molar-refractivity contribution < 1.29 is 24.9 Å². The van der Waals surface area contributed by atoms with Crippen LogP contribution in [0.15, 0.2) is 42.5 Å². The topological polar surface area (TPSA) is 113 Å². The fraction of sp³-hybridized carbons (Fsp3) is 0.562. The van der Waals surface area contributed by atoms with Crippen molar-refractivity contribution in [3.63, 3.8) is 0 Å². The number of nitrogens with one attached hydrogen (secondary N) is 1. The second-order valence-electron chi connectivity index (χ2n) is 12.2. The largest absolute Gasteiger partial charge is 0.508 e. The minimum absolute atomic E-state index is 0.0927. The van der Waals surface area contributed by atoms with Crippen LogP contribution < -0.4 is 5.32 Å². The molecule has 1 heterocycles. The van der Waals surface area contributed by atoms with E-state index < -0.39 is 23.0 Å². The van der Waals surface area contributed by atoms with Crippen LogP contribution >= 0.6 is 0 Å². The van der Waals surface area contributed by atoms with Crippen molar-refractivity contribution in [2.45, 2.75) is 82.9 Å². The van der Waals surface area contributed by atoms with Gasteiger partial charge in [0.2, 0.25) is 5.91 Å². The number of nitrogens with zero attached hydrogens (tertiary/aromatic N) is 2. The summed E-state index contributed by atoms with van der Waals surface area (Å²) in [4.78, 5) is 31.0. The molecule has 3 aliphatic rings. The van der Waals surface area contributed by atoms with Crippen molar-refractivity contribution in [2.75, 3.05) is 19.6 Å². The van der Waals surface area contributed by atoms with Crippen LogP contribution in [0, 0.1) is 18.8 Å². The number of carbonyl (C=O) groups is 2. The zero-order valence-electron chi connectivity index (χ0n) is 23.9. The highest BCUT2D eigenvalue weighted by atomic mass is 16.3. The number of fused-ring (bicyclic) bond motifs is 1. The van der Waals surface area contributed by atoms with Gasteiger partial charge in [-0.25, -0.2) is 4.79 Å². The number of phenolic OH excluding ortho intramolecular Hbond substituents is 2. The molecule has 3 fully saturated rings. The third kappa shape index (κ3) is 5.19. The molecule has 2 aromatic rings. The van der Waals surface area contributed by atoms with Crippen LogP contribution in [-0.4, -0.2) is 68.3 Å². The molecule has 3 amide bonds. The summed E-state index contributed by atoms with van der Waals surface area (Å²) in [6, 6.07) is 11.3. The summed E-state index contributed by atoms with van der Waals surface area (Å²) in [5.74, 6) is 0.242. The Morgan fingerprint density at radius 1 is 1.05 bits per heavy atom. The third-order valence-electron chi connectivity index (χ3n) is 9.75. The molecule has 8 heteroatoms. The van der Waals surface area contributed by atoms with E-state index in [9.17, 15) is 24.9 Å². The summed E-state index contributed by atoms with van der Waals surface area (Å²) in [5.41, 5.74) is 0.804. The normalized spacial score (nSPS) is 28.5. The molecule has 2 aliphatic carbocycles. The molecule has 5 rings (SSSR count). The molecule has 2 saturated carbocycles. The lowest BCUT2D eigenvalue weighted by Crippen LogP contribution is -2.70. The van der Waals surface area contributed by atoms with E-state index >= 15 is 0 Å². The molecule has 0 spiro atoms. The zero-order valence-corrected chi connectivity index (χ0v) is 23.9. The van der Waals surface area contributed by atoms with Gasteiger partial charge in [0.05, 0.1) is 12.1 Å². The lowest BCUT2D eigenvalue weighted by Gasteiger charge is -2.61. The number of piperidine rings is 1. The number of hydrogen-bond donors (Lipinski definition) is 4. The minimum Gasteiger partial charge on any atom is -0.508 e. The van der Waals surface area contributed by atoms with E-state index in [0.29, 0.717) is 38.1 Å². The number of benzene rings is 2. The van der Waals surface area contributed by atoms with Crippen molar-refractivity contribution in [3.05, 3.63) is 59.2 Å². The zero-order chi connectivity index (χ0) is 28.7. The molecule has 1 saturated heterocycles. The van der Waals surface area contributed by atoms with Crippen LogP contribution in [0.5, 0.6) is 11.5 Å². The van der Waals surface area contributed by atoms with Gasteiger partial charge < -0.3 is 20.6 Å². The number of imide groups is 1. The number of phenols is 2. The summed E-state index contributed by atoms with van der Waals surface area (Å²) in [6.07, 6.45) is 4.47. The quantitative estimate of drug-likeness (QED) is 0.406. The lowest BCUT2D eigenvalue weighted by atomic mass is 9.51. The standard InChI is InChI=1S/C32H43N3O5/c1-4-33-30(39)35(20-24-8-11-26(36)12-9-24)29(38)25-13-14-32(40)22(3)34(19-23-6-7-23)16-15-31(32,18-25)28-17-27(37)10-5-21(28)2/h5,8-12,17,22-23,25,36-37,40H,4,6-7,13-16,18-20H2,1-3H3,(H,33,39). The number of aryl methyl sites for hydroxylation is 1. The Morgan fingerprint density at radius 3 is 2.42 bits per heavy atom. The minimum atomic E-state index is -1.08. The first-order valence-electron chi connectivity index (χ1n) is 14.7. The Kier molecular flexibility index (Phi) is 7.86. The van der Waals surface area contributed by atoms with Crippen LogP contribution in [-0.2, 0) is 16.8 Å². The van der Waals surface area contributed by atoms with E-state index in [1.165, 1.54) is 17.7 Å². The van der Waals surface area contributed by atoms with Crippen LogP contribution in [0.4, 0.5) is 4.79 Å². The molecule has 4 unspecified atom stereocenters. The summed E-state index contributed by atoms with van der Waals surface area (Å²) in [6.45, 7) is 8.21. The second-order valence-corrected chi connectivity index (χ2v) is 12.2. The molecular formula is C32H43N3O5. The Balaban J connectivity index is 1.50. The summed E-state index contributed by atoms with van der Waals surface area (Å²) in [5, 5.41) is 35.6. The first-order chi connectivity index (χ1) is 19.1. The van der Waals surface area contributed by atoms with Crippen LogP contribution in [0.1, 0.15) is 69.1 Å². The molecule has 40 heavy (non-hydrogen) atoms. The molecular weight excluding hydrogens is 506 g/mol. The van der Waals surface area contributed by atoms with E-state index in [-0.39, 0.29) is 30.0 Å². The first-order valence-corrected chi connectivity index (χ1v) is 14.7. The Bertz CT molecular complexity index is 1250. The highest BCUT2D eigenvalue weighted by Crippen LogP contribution is 2.57. The maximum atomic E-state index is 14.2. The SMILES string of the molecule is CCNC(=O)N(Cc1ccc(O)cc1)C(=O)C1CCC2(O)C(C)N(CC3CC3)CCC2(c2cc(O)ccc2C)C1. The van der Waals surface area contributed by atoms with Gasteiger partial charge in [-0.05, 0) is 113 Å². The molecule has 8 nitrogen and oxygen atoms in total. The van der Waals surface area contributed by atoms with Gasteiger partial charge in [-0.15, -0.1) is 0 Å². The lowest BCUT2D eigenvalue weighted by molar-refractivity contribution is -0.170. The average molecular weight is 550 g/mol. The van der Waals surface area contributed by atoms with E-state index in [0.717, 1.165) is 29.8 Å². The molecule has 1 aliphatic heterocycles. The highest BCUT2D eigenvalue weighted by molar-refractivity contribution is 5.95. The van der Waals surface area contributed by atoms with Gasteiger partial charge >= 0.3 is 6.03 Å². The molecule has 2 aromatic carbocycles. The molecule has 0 radical (unpaired) electrons. The molecule has 0 bridgehead atoms. The van der Waals surface area contributed by atoms with Gasteiger partial charge in [-0.2, -0.15) is 0 Å². The van der Waals surface area contributed by atoms with Crippen molar-refractivity contribution in [1.29, 1.82) is 0 Å². The van der Waals surface area contributed by atoms with Gasteiger partial charge in [0.1, 0.15) is 11.5 Å². The van der Waals surface area contributed by atoms with Crippen molar-refractivity contribution in [3.8, 4) is 11.5 Å². The summed E-state index contributed by atoms with van der Waals surface area (Å²) < 4.78 is 0. The second kappa shape index (κ2) is 11.1. The smallest absolute Gasteiger partial charge is 0.324 e. The van der Waals surface area contributed by atoms with Gasteiger partial charge in [0.15, 0.2) is 0 Å². The summed E-state index contributed by atoms with van der Waals surface area (Å²) in [7, 11) is 0. The number of hydrogen-bond acceptors (Lipinski definition) is 6. The number of rotatable bonds is 7. The number of carbonyl (C=O) groups excluding carboxylic acids is 2. The van der Waals surface area contributed by atoms with E-state index in [4.69, 9.17) is 0 Å². The Morgan fingerprint density at radius 2 is 1.75 bits per heavy atom. The van der Waals surface area contributed by atoms with E-state index in [2.05, 4.69) is 17.1 Å². The Labute approximate surface area is 237 Å². The van der Waals surface area contributed by atoms with Crippen molar-refractivity contribution in [1.82, 2.24) is 15.1 Å². The summed E-state index contributed by atoms with van der Waals surface area (Å²) >= 11 is 0. The van der Waals surface area contributed by atoms with Crippen LogP contribution in [0.3, 0.4) is 0 Å².